The van der Waals surface area contributed by atoms with Crippen LogP contribution in [0.1, 0.15) is 142 Å². The van der Waals surface area contributed by atoms with Crippen molar-refractivity contribution in [3.63, 3.8) is 0 Å². The van der Waals surface area contributed by atoms with E-state index in [4.69, 9.17) is 9.47 Å². The average Bonchev–Trinajstić information content (AvgIpc) is 3.23. The van der Waals surface area contributed by atoms with Gasteiger partial charge in [0.2, 0.25) is 0 Å². The lowest BCUT2D eigenvalue weighted by atomic mass is 10.0. The number of hydrogen-bond acceptors (Lipinski definition) is 5. The van der Waals surface area contributed by atoms with Crippen LogP contribution in [0.25, 0.3) is 0 Å². The number of nitrogens with one attached hydrogen (secondary N) is 1. The van der Waals surface area contributed by atoms with Crippen molar-refractivity contribution >= 4 is 5.97 Å². The molecule has 0 aromatic carbocycles. The summed E-state index contributed by atoms with van der Waals surface area (Å²) in [7, 11) is 0. The topological polar surface area (TPSA) is 50.8 Å². The van der Waals surface area contributed by atoms with Gasteiger partial charge in [0.05, 0.1) is 12.7 Å². The van der Waals surface area contributed by atoms with Gasteiger partial charge < -0.3 is 14.8 Å². The van der Waals surface area contributed by atoms with Gasteiger partial charge in [-0.3, -0.25) is 9.69 Å². The number of carbonyl (C=O) groups excluding carboxylic acids is 1. The van der Waals surface area contributed by atoms with Crippen LogP contribution in [0, 0.1) is 0 Å². The van der Waals surface area contributed by atoms with Crippen LogP contribution in [-0.4, -0.2) is 61.9 Å². The Kier molecular flexibility index (Phi) is 18.7. The Hall–Kier alpha value is -0.650. The lowest BCUT2D eigenvalue weighted by Gasteiger charge is -2.36. The normalized spacial score (nSPS) is 20.2. The van der Waals surface area contributed by atoms with E-state index in [0.29, 0.717) is 18.6 Å². The first-order chi connectivity index (χ1) is 17.7. The van der Waals surface area contributed by atoms with Crippen molar-refractivity contribution in [2.45, 2.75) is 161 Å². The molecule has 0 aromatic heterocycles. The first kappa shape index (κ1) is 31.6. The van der Waals surface area contributed by atoms with Gasteiger partial charge in [-0.15, -0.1) is 0 Å². The first-order valence-corrected chi connectivity index (χ1v) is 16.0. The summed E-state index contributed by atoms with van der Waals surface area (Å²) in [5, 5.41) is 3.51. The summed E-state index contributed by atoms with van der Waals surface area (Å²) in [4.78, 5) is 15.2. The largest absolute Gasteiger partial charge is 0.462 e. The highest BCUT2D eigenvalue weighted by atomic mass is 16.5. The van der Waals surface area contributed by atoms with Gasteiger partial charge in [0.1, 0.15) is 6.10 Å². The van der Waals surface area contributed by atoms with E-state index >= 15 is 0 Å². The fraction of sp³-hybridized carbons (Fsp3) is 0.968. The molecule has 3 heterocycles. The molecule has 36 heavy (non-hydrogen) atoms. The van der Waals surface area contributed by atoms with E-state index in [2.05, 4.69) is 24.1 Å². The first-order valence-electron chi connectivity index (χ1n) is 16.0. The van der Waals surface area contributed by atoms with Gasteiger partial charge >= 0.3 is 5.97 Å². The molecule has 5 nitrogen and oxygen atoms in total. The Morgan fingerprint density at radius 3 is 2.06 bits per heavy atom. The second kappa shape index (κ2) is 21.3. The number of rotatable bonds is 23. The maximum absolute atomic E-state index is 12.6. The van der Waals surface area contributed by atoms with Crippen molar-refractivity contribution in [2.24, 2.45) is 0 Å². The molecule has 1 unspecified atom stereocenters. The molecule has 2 bridgehead atoms. The molecule has 0 radical (unpaired) electrons. The number of fused-ring (bicyclic) bond motifs is 4. The molecule has 3 aliphatic heterocycles. The highest BCUT2D eigenvalue weighted by molar-refractivity contribution is 5.69. The van der Waals surface area contributed by atoms with Gasteiger partial charge in [-0.2, -0.15) is 0 Å². The van der Waals surface area contributed by atoms with Crippen LogP contribution in [-0.2, 0) is 14.3 Å². The zero-order valence-electron chi connectivity index (χ0n) is 24.1. The third-order valence-corrected chi connectivity index (χ3v) is 8.11. The van der Waals surface area contributed by atoms with E-state index in [1.165, 1.54) is 103 Å². The summed E-state index contributed by atoms with van der Waals surface area (Å²) in [6.45, 7) is 9.76. The van der Waals surface area contributed by atoms with E-state index < -0.39 is 0 Å². The maximum atomic E-state index is 12.6. The molecule has 0 aromatic rings. The highest BCUT2D eigenvalue weighted by Gasteiger charge is 2.31. The van der Waals surface area contributed by atoms with Crippen LogP contribution in [0.5, 0.6) is 0 Å². The van der Waals surface area contributed by atoms with E-state index in [9.17, 15) is 4.79 Å². The molecule has 2 atom stereocenters. The van der Waals surface area contributed by atoms with Crippen molar-refractivity contribution in [3.8, 4) is 0 Å². The Morgan fingerprint density at radius 1 is 0.806 bits per heavy atom. The molecule has 212 valence electrons. The lowest BCUT2D eigenvalue weighted by molar-refractivity contribution is -0.150. The van der Waals surface area contributed by atoms with Crippen LogP contribution in [0.15, 0.2) is 0 Å². The number of unbranched alkanes of at least 4 members (excludes halogenated alkanes) is 14. The SMILES string of the molecule is CCCCCCCCC(CCCCCCCC)OC(=O)CCCCCCCN1CC2CNC[C@@H]1CO2. The average molecular weight is 509 g/mol. The molecular formula is C31H60N2O3. The minimum Gasteiger partial charge on any atom is -0.462 e. The molecule has 0 spiro atoms. The zero-order valence-corrected chi connectivity index (χ0v) is 24.1. The van der Waals surface area contributed by atoms with Gasteiger partial charge in [0, 0.05) is 32.1 Å². The van der Waals surface area contributed by atoms with E-state index in [0.717, 1.165) is 51.9 Å². The Bertz CT molecular complexity index is 510. The number of morpholine rings is 1. The lowest BCUT2D eigenvalue weighted by Crippen LogP contribution is -2.49. The molecule has 5 heteroatoms. The predicted molar refractivity (Wildman–Crippen MR) is 152 cm³/mol. The number of esters is 1. The summed E-state index contributed by atoms with van der Waals surface area (Å²) in [6.07, 6.45) is 24.7. The quantitative estimate of drug-likeness (QED) is 0.115. The number of hydrogen-bond donors (Lipinski definition) is 1. The third-order valence-electron chi connectivity index (χ3n) is 8.11. The second-order valence-corrected chi connectivity index (χ2v) is 11.5. The minimum absolute atomic E-state index is 0.0463. The van der Waals surface area contributed by atoms with Crippen LogP contribution >= 0.6 is 0 Å². The van der Waals surface area contributed by atoms with Crippen LogP contribution in [0.4, 0.5) is 0 Å². The van der Waals surface area contributed by atoms with Crippen molar-refractivity contribution < 1.29 is 14.3 Å². The van der Waals surface area contributed by atoms with Gasteiger partial charge in [0.25, 0.3) is 0 Å². The van der Waals surface area contributed by atoms with Crippen molar-refractivity contribution in [1.29, 1.82) is 0 Å². The molecule has 0 saturated carbocycles. The molecule has 3 fully saturated rings. The fourth-order valence-corrected chi connectivity index (χ4v) is 5.74. The molecule has 3 saturated heterocycles. The molecule has 0 aliphatic carbocycles. The second-order valence-electron chi connectivity index (χ2n) is 11.5. The zero-order chi connectivity index (χ0) is 25.7. The van der Waals surface area contributed by atoms with Crippen LogP contribution < -0.4 is 5.32 Å². The standard InChI is InChI=1S/C31H60N2O3/c1-3-5-7-9-12-16-20-29(21-17-13-10-8-6-4-2)36-31(34)22-18-14-11-15-19-23-33-26-30-25-32-24-28(33)27-35-30/h28-30,32H,3-27H2,1-2H3/t28-,30?/m1/s1. The number of ether oxygens (including phenoxy) is 2. The number of nitrogens with zero attached hydrogens (tertiary/aromatic N) is 1. The summed E-state index contributed by atoms with van der Waals surface area (Å²) in [5.41, 5.74) is 0. The molecule has 1 N–H and O–H groups in total. The summed E-state index contributed by atoms with van der Waals surface area (Å²) in [5.74, 6) is 0.0463. The van der Waals surface area contributed by atoms with Crippen LogP contribution in [0.3, 0.4) is 0 Å². The molecule has 3 aliphatic rings. The smallest absolute Gasteiger partial charge is 0.306 e. The van der Waals surface area contributed by atoms with Gasteiger partial charge in [0.15, 0.2) is 0 Å². The monoisotopic (exact) mass is 508 g/mol. The number of carbonyl (C=O) groups is 1. The third kappa shape index (κ3) is 14.9. The summed E-state index contributed by atoms with van der Waals surface area (Å²) in [6, 6.07) is 0.555. The predicted octanol–water partition coefficient (Wildman–Crippen LogP) is 7.41. The van der Waals surface area contributed by atoms with Gasteiger partial charge in [-0.05, 0) is 45.1 Å². The Balaban J connectivity index is 1.52. The van der Waals surface area contributed by atoms with E-state index in [-0.39, 0.29) is 12.1 Å². The Morgan fingerprint density at radius 2 is 1.39 bits per heavy atom. The van der Waals surface area contributed by atoms with Crippen molar-refractivity contribution in [1.82, 2.24) is 10.2 Å². The fourth-order valence-electron chi connectivity index (χ4n) is 5.74. The van der Waals surface area contributed by atoms with Gasteiger partial charge in [-0.25, -0.2) is 0 Å². The summed E-state index contributed by atoms with van der Waals surface area (Å²) >= 11 is 0. The van der Waals surface area contributed by atoms with E-state index in [1.807, 2.05) is 0 Å². The maximum Gasteiger partial charge on any atom is 0.306 e. The molecule has 3 rings (SSSR count). The van der Waals surface area contributed by atoms with Crippen LogP contribution in [0.2, 0.25) is 0 Å². The molecular weight excluding hydrogens is 448 g/mol. The highest BCUT2D eigenvalue weighted by Crippen LogP contribution is 2.19. The van der Waals surface area contributed by atoms with E-state index in [1.54, 1.807) is 0 Å². The minimum atomic E-state index is 0.0463. The van der Waals surface area contributed by atoms with Crippen molar-refractivity contribution in [3.05, 3.63) is 0 Å². The van der Waals surface area contributed by atoms with Gasteiger partial charge in [-0.1, -0.05) is 97.3 Å². The summed E-state index contributed by atoms with van der Waals surface area (Å²) < 4.78 is 11.9. The Labute approximate surface area is 223 Å². The van der Waals surface area contributed by atoms with Crippen molar-refractivity contribution in [2.75, 3.05) is 32.8 Å². The molecule has 0 amide bonds.